The predicted molar refractivity (Wildman–Crippen MR) is 85.6 cm³/mol. The molecule has 138 valence electrons. The molecule has 1 aromatic rings. The van der Waals surface area contributed by atoms with Gasteiger partial charge in [0, 0.05) is 13.2 Å². The van der Waals surface area contributed by atoms with Crippen molar-refractivity contribution in [2.75, 3.05) is 19.8 Å². The number of ether oxygens (including phenoxy) is 2. The Morgan fingerprint density at radius 2 is 2.08 bits per heavy atom. The number of nitrogens with one attached hydrogen (secondary N) is 1. The van der Waals surface area contributed by atoms with E-state index in [1.807, 2.05) is 0 Å². The second-order valence-corrected chi connectivity index (χ2v) is 6.86. The summed E-state index contributed by atoms with van der Waals surface area (Å²) < 4.78 is 49.8. The average Bonchev–Trinajstić information content (AvgIpc) is 3.37. The normalized spacial score (nSPS) is 24.2. The van der Waals surface area contributed by atoms with Gasteiger partial charge in [-0.15, -0.1) is 0 Å². The van der Waals surface area contributed by atoms with Gasteiger partial charge in [-0.2, -0.15) is 13.2 Å². The number of hydrogen-bond donors (Lipinski definition) is 1. The van der Waals surface area contributed by atoms with Gasteiger partial charge in [0.1, 0.15) is 0 Å². The maximum absolute atomic E-state index is 12.9. The van der Waals surface area contributed by atoms with E-state index < -0.39 is 23.7 Å². The van der Waals surface area contributed by atoms with Gasteiger partial charge in [-0.3, -0.25) is 4.79 Å². The molecule has 2 atom stereocenters. The van der Waals surface area contributed by atoms with Gasteiger partial charge < -0.3 is 14.8 Å². The van der Waals surface area contributed by atoms with Crippen LogP contribution in [0.2, 0.25) is 5.02 Å². The summed E-state index contributed by atoms with van der Waals surface area (Å²) in [7, 11) is 0. The third-order valence-electron chi connectivity index (χ3n) is 4.39. The molecule has 0 unspecified atom stereocenters. The van der Waals surface area contributed by atoms with Crippen LogP contribution in [0.1, 0.15) is 35.2 Å². The minimum atomic E-state index is -4.54. The molecule has 25 heavy (non-hydrogen) atoms. The van der Waals surface area contributed by atoms with Crippen molar-refractivity contribution in [1.82, 2.24) is 5.32 Å². The van der Waals surface area contributed by atoms with E-state index in [4.69, 9.17) is 21.1 Å². The van der Waals surface area contributed by atoms with Crippen LogP contribution in [-0.2, 0) is 15.7 Å². The molecular weight excluding hydrogens is 359 g/mol. The summed E-state index contributed by atoms with van der Waals surface area (Å²) in [5, 5.41) is 2.68. The van der Waals surface area contributed by atoms with Crippen molar-refractivity contribution in [3.8, 4) is 0 Å². The molecular formula is C17H19ClF3NO3. The summed E-state index contributed by atoms with van der Waals surface area (Å²) >= 11 is 5.92. The van der Waals surface area contributed by atoms with Crippen LogP contribution in [0.15, 0.2) is 18.2 Å². The molecule has 1 N–H and O–H groups in total. The van der Waals surface area contributed by atoms with Crippen LogP contribution in [0, 0.1) is 5.92 Å². The first kappa shape index (κ1) is 18.5. The summed E-state index contributed by atoms with van der Waals surface area (Å²) in [6.07, 6.45) is -1.81. The number of benzene rings is 1. The number of amides is 1. The second-order valence-electron chi connectivity index (χ2n) is 6.45. The highest BCUT2D eigenvalue weighted by molar-refractivity contribution is 6.33. The Morgan fingerprint density at radius 3 is 2.76 bits per heavy atom. The molecule has 1 amide bonds. The molecule has 3 rings (SSSR count). The molecule has 8 heteroatoms. The fourth-order valence-corrected chi connectivity index (χ4v) is 2.92. The van der Waals surface area contributed by atoms with Gasteiger partial charge >= 0.3 is 6.18 Å². The molecule has 1 aliphatic heterocycles. The number of hydrogen-bond acceptors (Lipinski definition) is 3. The SMILES string of the molecule is O=C(N[C@@H]1COCC[C@@H]1OCC1CC1)c1cc(C(F)(F)F)ccc1Cl. The number of rotatable bonds is 5. The Hall–Kier alpha value is -1.31. The van der Waals surface area contributed by atoms with Crippen molar-refractivity contribution in [3.05, 3.63) is 34.3 Å². The third kappa shape index (κ3) is 4.86. The predicted octanol–water partition coefficient (Wildman–Crippen LogP) is 3.67. The summed E-state index contributed by atoms with van der Waals surface area (Å²) in [5.41, 5.74) is -1.12. The molecule has 1 aromatic carbocycles. The first-order chi connectivity index (χ1) is 11.8. The van der Waals surface area contributed by atoms with E-state index in [2.05, 4.69) is 5.32 Å². The highest BCUT2D eigenvalue weighted by Gasteiger charge is 2.34. The Bertz CT molecular complexity index is 634. The standard InChI is InChI=1S/C17H19ClF3NO3/c18-13-4-3-11(17(19,20)21)7-12(13)16(23)22-14-9-24-6-5-15(14)25-8-10-1-2-10/h3-4,7,10,14-15H,1-2,5-6,8-9H2,(H,22,23)/t14-,15+/m1/s1. The second kappa shape index (κ2) is 7.51. The minimum absolute atomic E-state index is 0.0299. The third-order valence-corrected chi connectivity index (χ3v) is 4.72. The summed E-state index contributed by atoms with van der Waals surface area (Å²) in [6, 6.07) is 2.29. The van der Waals surface area contributed by atoms with Gasteiger partial charge in [-0.05, 0) is 43.4 Å². The molecule has 4 nitrogen and oxygen atoms in total. The Morgan fingerprint density at radius 1 is 1.32 bits per heavy atom. The van der Waals surface area contributed by atoms with Gasteiger partial charge in [0.15, 0.2) is 0 Å². The van der Waals surface area contributed by atoms with Crippen LogP contribution in [0.25, 0.3) is 0 Å². The summed E-state index contributed by atoms with van der Waals surface area (Å²) in [4.78, 5) is 12.4. The van der Waals surface area contributed by atoms with Crippen molar-refractivity contribution in [3.63, 3.8) is 0 Å². The molecule has 0 radical (unpaired) electrons. The largest absolute Gasteiger partial charge is 0.416 e. The molecule has 2 aliphatic rings. The lowest BCUT2D eigenvalue weighted by Gasteiger charge is -2.32. The van der Waals surface area contributed by atoms with Gasteiger partial charge in [0.05, 0.1) is 34.9 Å². The molecule has 1 heterocycles. The van der Waals surface area contributed by atoms with Crippen molar-refractivity contribution < 1.29 is 27.4 Å². The summed E-state index contributed by atoms with van der Waals surface area (Å²) in [6.45, 7) is 1.44. The maximum Gasteiger partial charge on any atom is 0.416 e. The average molecular weight is 378 g/mol. The monoisotopic (exact) mass is 377 g/mol. The zero-order valence-corrected chi connectivity index (χ0v) is 14.2. The van der Waals surface area contributed by atoms with E-state index >= 15 is 0 Å². The Kier molecular flexibility index (Phi) is 5.55. The number of alkyl halides is 3. The zero-order chi connectivity index (χ0) is 18.0. The van der Waals surface area contributed by atoms with Crippen molar-refractivity contribution >= 4 is 17.5 Å². The first-order valence-electron chi connectivity index (χ1n) is 8.21. The molecule has 0 spiro atoms. The van der Waals surface area contributed by atoms with Crippen LogP contribution in [0.5, 0.6) is 0 Å². The van der Waals surface area contributed by atoms with E-state index in [9.17, 15) is 18.0 Å². The molecule has 1 aliphatic carbocycles. The lowest BCUT2D eigenvalue weighted by molar-refractivity contribution is -0.137. The molecule has 0 bridgehead atoms. The maximum atomic E-state index is 12.9. The van der Waals surface area contributed by atoms with E-state index in [0.29, 0.717) is 25.6 Å². The first-order valence-corrected chi connectivity index (χ1v) is 8.59. The molecule has 2 fully saturated rings. The van der Waals surface area contributed by atoms with E-state index in [1.165, 1.54) is 0 Å². The highest BCUT2D eigenvalue weighted by Crippen LogP contribution is 2.32. The van der Waals surface area contributed by atoms with Crippen LogP contribution < -0.4 is 5.32 Å². The van der Waals surface area contributed by atoms with Crippen LogP contribution in [0.4, 0.5) is 13.2 Å². The topological polar surface area (TPSA) is 47.6 Å². The number of carbonyl (C=O) groups is 1. The number of halogens is 4. The van der Waals surface area contributed by atoms with Crippen LogP contribution in [-0.4, -0.2) is 37.9 Å². The van der Waals surface area contributed by atoms with Crippen molar-refractivity contribution in [1.29, 1.82) is 0 Å². The van der Waals surface area contributed by atoms with Gasteiger partial charge in [-0.25, -0.2) is 0 Å². The lowest BCUT2D eigenvalue weighted by Crippen LogP contribution is -2.50. The van der Waals surface area contributed by atoms with E-state index in [-0.39, 0.29) is 23.3 Å². The fourth-order valence-electron chi connectivity index (χ4n) is 2.72. The van der Waals surface area contributed by atoms with Gasteiger partial charge in [-0.1, -0.05) is 11.6 Å². The van der Waals surface area contributed by atoms with Gasteiger partial charge in [0.25, 0.3) is 5.91 Å². The van der Waals surface area contributed by atoms with Crippen molar-refractivity contribution in [2.45, 2.75) is 37.6 Å². The Labute approximate surface area is 148 Å². The van der Waals surface area contributed by atoms with Crippen LogP contribution in [0.3, 0.4) is 0 Å². The smallest absolute Gasteiger partial charge is 0.379 e. The molecule has 1 saturated carbocycles. The van der Waals surface area contributed by atoms with Crippen LogP contribution >= 0.6 is 11.6 Å². The van der Waals surface area contributed by atoms with Gasteiger partial charge in [0.2, 0.25) is 0 Å². The molecule has 0 aromatic heterocycles. The lowest BCUT2D eigenvalue weighted by atomic mass is 10.0. The Balaban J connectivity index is 1.69. The molecule has 1 saturated heterocycles. The zero-order valence-electron chi connectivity index (χ0n) is 13.4. The quantitative estimate of drug-likeness (QED) is 0.851. The number of carbonyl (C=O) groups excluding carboxylic acids is 1. The highest BCUT2D eigenvalue weighted by atomic mass is 35.5. The van der Waals surface area contributed by atoms with E-state index in [1.54, 1.807) is 0 Å². The fraction of sp³-hybridized carbons (Fsp3) is 0.588. The van der Waals surface area contributed by atoms with Crippen molar-refractivity contribution in [2.24, 2.45) is 5.92 Å². The van der Waals surface area contributed by atoms with E-state index in [0.717, 1.165) is 31.0 Å². The summed E-state index contributed by atoms with van der Waals surface area (Å²) in [5.74, 6) is -0.0799. The minimum Gasteiger partial charge on any atom is -0.379 e.